The molecule has 0 aliphatic heterocycles. The summed E-state index contributed by atoms with van der Waals surface area (Å²) in [4.78, 5) is 43.7. The third kappa shape index (κ3) is 28.8. The Labute approximate surface area is 361 Å². The van der Waals surface area contributed by atoms with E-state index in [1.807, 2.05) is 18.2 Å². The molecule has 2 aromatic rings. The van der Waals surface area contributed by atoms with Gasteiger partial charge in [0.15, 0.2) is 0 Å². The molecule has 0 aromatic carbocycles. The fourth-order valence-corrected chi connectivity index (χ4v) is 7.84. The van der Waals surface area contributed by atoms with Crippen molar-refractivity contribution >= 4 is 17.8 Å². The standard InChI is InChI=1S/C50H88N6O3/c1-3-5-7-9-11-13-15-17-19-21-23-25-27-29-31-34-42-52-48(57)39-38-47(54-50(59)56-44-40-46(55-56)45-37-33-36-41-51-45)49(58)53-43-35-32-30-28-26-24-22-20-18-16-14-12-10-8-6-4-2/h33,36-37,40-41,44,47H,3-32,34-35,38-39,42-43H2,1-2H3,(H,52,57)(H,53,58)(H,54,59)/t47-/m0/s1. The zero-order chi connectivity index (χ0) is 42.3. The molecule has 2 heterocycles. The Morgan fingerprint density at radius 1 is 0.525 bits per heavy atom. The van der Waals surface area contributed by atoms with Crippen LogP contribution in [-0.2, 0) is 9.59 Å². The lowest BCUT2D eigenvalue weighted by molar-refractivity contribution is -0.124. The van der Waals surface area contributed by atoms with E-state index in [1.165, 1.54) is 184 Å². The number of carbonyl (C=O) groups is 3. The summed E-state index contributed by atoms with van der Waals surface area (Å²) in [6, 6.07) is 5.90. The second kappa shape index (κ2) is 37.7. The van der Waals surface area contributed by atoms with Gasteiger partial charge < -0.3 is 16.0 Å². The second-order valence-electron chi connectivity index (χ2n) is 17.1. The largest absolute Gasteiger partial charge is 0.356 e. The maximum Gasteiger partial charge on any atom is 0.342 e. The van der Waals surface area contributed by atoms with Crippen LogP contribution in [0.25, 0.3) is 11.4 Å². The predicted octanol–water partition coefficient (Wildman–Crippen LogP) is 13.4. The average molecular weight is 821 g/mol. The summed E-state index contributed by atoms with van der Waals surface area (Å²) in [5.74, 6) is -0.352. The maximum absolute atomic E-state index is 13.3. The topological polar surface area (TPSA) is 118 Å². The molecule has 0 fully saturated rings. The van der Waals surface area contributed by atoms with Gasteiger partial charge in [0, 0.05) is 31.9 Å². The number of rotatable bonds is 40. The number of pyridine rings is 1. The van der Waals surface area contributed by atoms with Crippen LogP contribution >= 0.6 is 0 Å². The zero-order valence-corrected chi connectivity index (χ0v) is 38.1. The van der Waals surface area contributed by atoms with Crippen molar-refractivity contribution < 1.29 is 14.4 Å². The van der Waals surface area contributed by atoms with E-state index in [0.29, 0.717) is 24.5 Å². The van der Waals surface area contributed by atoms with Crippen molar-refractivity contribution in [3.05, 3.63) is 36.7 Å². The molecule has 9 nitrogen and oxygen atoms in total. The quantitative estimate of drug-likeness (QED) is 0.0579. The first-order chi connectivity index (χ1) is 29.0. The Kier molecular flexibility index (Phi) is 33.2. The summed E-state index contributed by atoms with van der Waals surface area (Å²) in [5, 5.41) is 13.3. The third-order valence-corrected chi connectivity index (χ3v) is 11.7. The minimum atomic E-state index is -0.840. The van der Waals surface area contributed by atoms with Gasteiger partial charge in [0.2, 0.25) is 11.8 Å². The number of nitrogens with zero attached hydrogens (tertiary/aromatic N) is 3. The van der Waals surface area contributed by atoms with Crippen LogP contribution in [0, 0.1) is 0 Å². The molecule has 0 spiro atoms. The molecule has 0 aliphatic carbocycles. The highest BCUT2D eigenvalue weighted by molar-refractivity contribution is 5.88. The Balaban J connectivity index is 1.61. The van der Waals surface area contributed by atoms with Gasteiger partial charge in [0.05, 0.1) is 5.69 Å². The van der Waals surface area contributed by atoms with Crippen LogP contribution in [-0.4, -0.2) is 51.7 Å². The average Bonchev–Trinajstić information content (AvgIpc) is 3.76. The molecule has 2 aromatic heterocycles. The molecule has 59 heavy (non-hydrogen) atoms. The number of hydrogen-bond acceptors (Lipinski definition) is 5. The predicted molar refractivity (Wildman–Crippen MR) is 248 cm³/mol. The molecule has 1 atom stereocenters. The van der Waals surface area contributed by atoms with Crippen LogP contribution in [0.1, 0.15) is 232 Å². The fraction of sp³-hybridized carbons (Fsp3) is 0.780. The van der Waals surface area contributed by atoms with Crippen molar-refractivity contribution in [1.29, 1.82) is 0 Å². The first-order valence-corrected chi connectivity index (χ1v) is 24.9. The Bertz CT molecular complexity index is 1280. The second-order valence-corrected chi connectivity index (χ2v) is 17.1. The molecule has 0 aliphatic rings. The molecule has 0 radical (unpaired) electrons. The van der Waals surface area contributed by atoms with Crippen molar-refractivity contribution in [2.45, 2.75) is 238 Å². The van der Waals surface area contributed by atoms with Gasteiger partial charge in [-0.15, -0.1) is 0 Å². The number of amides is 3. The molecule has 2 rings (SSSR count). The minimum Gasteiger partial charge on any atom is -0.356 e. The third-order valence-electron chi connectivity index (χ3n) is 11.7. The van der Waals surface area contributed by atoms with E-state index in [4.69, 9.17) is 0 Å². The van der Waals surface area contributed by atoms with Crippen LogP contribution < -0.4 is 16.0 Å². The zero-order valence-electron chi connectivity index (χ0n) is 38.1. The summed E-state index contributed by atoms with van der Waals surface area (Å²) in [5.41, 5.74) is 1.23. The van der Waals surface area contributed by atoms with Gasteiger partial charge in [-0.05, 0) is 37.5 Å². The van der Waals surface area contributed by atoms with E-state index in [-0.39, 0.29) is 24.7 Å². The maximum atomic E-state index is 13.3. The van der Waals surface area contributed by atoms with Crippen LogP contribution in [0.2, 0.25) is 0 Å². The Morgan fingerprint density at radius 2 is 0.949 bits per heavy atom. The van der Waals surface area contributed by atoms with Gasteiger partial charge in [-0.1, -0.05) is 213 Å². The van der Waals surface area contributed by atoms with Gasteiger partial charge in [-0.25, -0.2) is 4.79 Å². The number of unbranched alkanes of at least 4 members (excludes halogenated alkanes) is 30. The van der Waals surface area contributed by atoms with Crippen LogP contribution in [0.3, 0.4) is 0 Å². The van der Waals surface area contributed by atoms with Crippen molar-refractivity contribution in [3.8, 4) is 11.4 Å². The number of aromatic nitrogens is 3. The summed E-state index contributed by atoms with van der Waals surface area (Å²) < 4.78 is 1.19. The van der Waals surface area contributed by atoms with Gasteiger partial charge in [-0.3, -0.25) is 14.6 Å². The van der Waals surface area contributed by atoms with Crippen molar-refractivity contribution in [3.63, 3.8) is 0 Å². The summed E-state index contributed by atoms with van der Waals surface area (Å²) in [6.45, 7) is 5.75. The normalized spacial score (nSPS) is 11.8. The molecule has 9 heteroatoms. The van der Waals surface area contributed by atoms with Crippen molar-refractivity contribution in [2.75, 3.05) is 13.1 Å². The van der Waals surface area contributed by atoms with E-state index in [9.17, 15) is 14.4 Å². The van der Waals surface area contributed by atoms with Crippen molar-refractivity contribution in [1.82, 2.24) is 30.7 Å². The molecule has 0 saturated carbocycles. The Hall–Kier alpha value is -3.23. The lowest BCUT2D eigenvalue weighted by atomic mass is 10.0. The monoisotopic (exact) mass is 821 g/mol. The molecule has 0 saturated heterocycles. The molecule has 336 valence electrons. The van der Waals surface area contributed by atoms with Crippen LogP contribution in [0.4, 0.5) is 4.79 Å². The first-order valence-electron chi connectivity index (χ1n) is 24.9. The van der Waals surface area contributed by atoms with Crippen LogP contribution in [0.5, 0.6) is 0 Å². The highest BCUT2D eigenvalue weighted by atomic mass is 16.2. The van der Waals surface area contributed by atoms with E-state index in [2.05, 4.69) is 39.9 Å². The number of hydrogen-bond donors (Lipinski definition) is 3. The van der Waals surface area contributed by atoms with Gasteiger partial charge in [0.1, 0.15) is 11.7 Å². The van der Waals surface area contributed by atoms with Crippen molar-refractivity contribution in [2.24, 2.45) is 0 Å². The molecular weight excluding hydrogens is 733 g/mol. The summed E-state index contributed by atoms with van der Waals surface area (Å²) in [7, 11) is 0. The minimum absolute atomic E-state index is 0.0904. The summed E-state index contributed by atoms with van der Waals surface area (Å²) in [6.07, 6.45) is 45.5. The van der Waals surface area contributed by atoms with Gasteiger partial charge in [0.25, 0.3) is 0 Å². The highest BCUT2D eigenvalue weighted by Crippen LogP contribution is 2.16. The molecular formula is C50H88N6O3. The highest BCUT2D eigenvalue weighted by Gasteiger charge is 2.23. The van der Waals surface area contributed by atoms with Gasteiger partial charge in [-0.2, -0.15) is 9.78 Å². The fourth-order valence-electron chi connectivity index (χ4n) is 7.84. The lowest BCUT2D eigenvalue weighted by Crippen LogP contribution is -2.48. The molecule has 0 bridgehead atoms. The van der Waals surface area contributed by atoms with E-state index in [0.717, 1.165) is 25.7 Å². The van der Waals surface area contributed by atoms with Crippen LogP contribution in [0.15, 0.2) is 36.7 Å². The van der Waals surface area contributed by atoms with E-state index >= 15 is 0 Å². The SMILES string of the molecule is CCCCCCCCCCCCCCCCCCNC(=O)CC[C@H](NC(=O)n1ccc(-c2ccccn2)n1)C(=O)NCCCCCCCCCCCCCCCCCC. The number of nitrogens with one attached hydrogen (secondary N) is 3. The first kappa shape index (κ1) is 51.9. The molecule has 0 unspecified atom stereocenters. The smallest absolute Gasteiger partial charge is 0.342 e. The van der Waals surface area contributed by atoms with E-state index in [1.54, 1.807) is 18.5 Å². The lowest BCUT2D eigenvalue weighted by Gasteiger charge is -2.18. The number of carbonyl (C=O) groups excluding carboxylic acids is 3. The molecule has 3 N–H and O–H groups in total. The molecule has 3 amide bonds. The Morgan fingerprint density at radius 3 is 1.37 bits per heavy atom. The van der Waals surface area contributed by atoms with Gasteiger partial charge >= 0.3 is 6.03 Å². The van der Waals surface area contributed by atoms with E-state index < -0.39 is 12.1 Å². The summed E-state index contributed by atoms with van der Waals surface area (Å²) >= 11 is 0.